The lowest BCUT2D eigenvalue weighted by molar-refractivity contribution is 0.0996. The minimum atomic E-state index is -0.156. The first kappa shape index (κ1) is 13.1. The monoisotopic (exact) mass is 272 g/mol. The van der Waals surface area contributed by atoms with Crippen molar-refractivity contribution in [2.24, 2.45) is 0 Å². The number of aromatic nitrogens is 1. The largest absolute Gasteiger partial charge is 0.375 e. The van der Waals surface area contributed by atoms with Gasteiger partial charge >= 0.3 is 0 Å². The van der Waals surface area contributed by atoms with Gasteiger partial charge in [0, 0.05) is 12.7 Å². The maximum atomic E-state index is 12.3. The number of nitrogens with zero attached hydrogens (tertiary/aromatic N) is 3. The summed E-state index contributed by atoms with van der Waals surface area (Å²) in [5, 5.41) is 9.13. The fourth-order valence-electron chi connectivity index (χ4n) is 1.64. The van der Waals surface area contributed by atoms with Gasteiger partial charge in [0.1, 0.15) is 4.88 Å². The van der Waals surface area contributed by atoms with Gasteiger partial charge in [0.15, 0.2) is 5.13 Å². The molecule has 5 nitrogen and oxygen atoms in total. The van der Waals surface area contributed by atoms with E-state index in [9.17, 15) is 4.79 Å². The number of nitrogens with two attached hydrogens (primary N) is 1. The van der Waals surface area contributed by atoms with E-state index < -0.39 is 0 Å². The number of carbonyl (C=O) groups excluding carboxylic acids is 1. The van der Waals surface area contributed by atoms with Gasteiger partial charge in [-0.2, -0.15) is 5.26 Å². The van der Waals surface area contributed by atoms with Gasteiger partial charge in [0.05, 0.1) is 17.3 Å². The molecule has 1 heterocycles. The number of hydrogen-bond acceptors (Lipinski definition) is 5. The Morgan fingerprint density at radius 3 is 2.53 bits per heavy atom. The Morgan fingerprint density at radius 2 is 2.05 bits per heavy atom. The molecule has 0 aliphatic heterocycles. The van der Waals surface area contributed by atoms with Crippen LogP contribution in [0, 0.1) is 18.3 Å². The zero-order valence-corrected chi connectivity index (χ0v) is 11.4. The van der Waals surface area contributed by atoms with Gasteiger partial charge in [-0.25, -0.2) is 4.98 Å². The van der Waals surface area contributed by atoms with Crippen molar-refractivity contribution < 1.29 is 4.79 Å². The second-order valence-electron chi connectivity index (χ2n) is 3.99. The lowest BCUT2D eigenvalue weighted by atomic mass is 10.2. The van der Waals surface area contributed by atoms with Crippen LogP contribution in [-0.2, 0) is 0 Å². The molecule has 0 saturated carbocycles. The van der Waals surface area contributed by atoms with Crippen LogP contribution in [0.1, 0.15) is 20.9 Å². The fourth-order valence-corrected chi connectivity index (χ4v) is 2.45. The highest BCUT2D eigenvalue weighted by Crippen LogP contribution is 2.23. The van der Waals surface area contributed by atoms with Crippen molar-refractivity contribution in [1.29, 1.82) is 5.26 Å². The zero-order valence-electron chi connectivity index (χ0n) is 10.5. The van der Waals surface area contributed by atoms with Gasteiger partial charge in [0.25, 0.3) is 5.91 Å². The molecular formula is C13H12N4OS. The molecule has 0 unspecified atom stereocenters. The van der Waals surface area contributed by atoms with E-state index in [4.69, 9.17) is 11.0 Å². The highest BCUT2D eigenvalue weighted by Gasteiger charge is 2.19. The van der Waals surface area contributed by atoms with Gasteiger partial charge in [0.2, 0.25) is 0 Å². The second-order valence-corrected chi connectivity index (χ2v) is 5.02. The van der Waals surface area contributed by atoms with Crippen molar-refractivity contribution in [2.75, 3.05) is 17.7 Å². The third-order valence-corrected chi connectivity index (χ3v) is 3.67. The Balaban J connectivity index is 2.28. The SMILES string of the molecule is Cc1nc(N)sc1C(=O)N(C)c1ccc(C#N)cc1. The smallest absolute Gasteiger partial charge is 0.270 e. The maximum Gasteiger partial charge on any atom is 0.270 e. The summed E-state index contributed by atoms with van der Waals surface area (Å²) in [5.41, 5.74) is 7.50. The molecule has 0 radical (unpaired) electrons. The molecule has 0 aliphatic carbocycles. The number of aryl methyl sites for hydroxylation is 1. The number of amides is 1. The summed E-state index contributed by atoms with van der Waals surface area (Å²) < 4.78 is 0. The Hall–Kier alpha value is -2.39. The number of benzene rings is 1. The van der Waals surface area contributed by atoms with Gasteiger partial charge in [-0.05, 0) is 31.2 Å². The first-order chi connectivity index (χ1) is 9.02. The standard InChI is InChI=1S/C13H12N4OS/c1-8-11(19-13(15)16-8)12(18)17(2)10-5-3-9(7-14)4-6-10/h3-6H,1-2H3,(H2,15,16). The zero-order chi connectivity index (χ0) is 14.0. The van der Waals surface area contributed by atoms with E-state index >= 15 is 0 Å². The van der Waals surface area contributed by atoms with Crippen molar-refractivity contribution in [1.82, 2.24) is 4.98 Å². The Labute approximate surface area is 114 Å². The van der Waals surface area contributed by atoms with Crippen molar-refractivity contribution in [3.8, 4) is 6.07 Å². The average molecular weight is 272 g/mol. The number of thiazole rings is 1. The van der Waals surface area contributed by atoms with Gasteiger partial charge < -0.3 is 10.6 Å². The van der Waals surface area contributed by atoms with E-state index in [2.05, 4.69) is 4.98 Å². The Bertz CT molecular complexity index is 654. The molecule has 0 fully saturated rings. The molecule has 2 N–H and O–H groups in total. The lowest BCUT2D eigenvalue weighted by Gasteiger charge is -2.16. The molecular weight excluding hydrogens is 260 g/mol. The van der Waals surface area contributed by atoms with Crippen LogP contribution >= 0.6 is 11.3 Å². The molecule has 1 amide bonds. The van der Waals surface area contributed by atoms with E-state index in [1.807, 2.05) is 6.07 Å². The van der Waals surface area contributed by atoms with Gasteiger partial charge in [-0.15, -0.1) is 0 Å². The molecule has 0 aliphatic rings. The predicted molar refractivity (Wildman–Crippen MR) is 75.2 cm³/mol. The third-order valence-electron chi connectivity index (χ3n) is 2.70. The summed E-state index contributed by atoms with van der Waals surface area (Å²) in [6.07, 6.45) is 0. The van der Waals surface area contributed by atoms with Crippen molar-refractivity contribution >= 4 is 28.1 Å². The predicted octanol–water partition coefficient (Wildman–Crippen LogP) is 2.18. The summed E-state index contributed by atoms with van der Waals surface area (Å²) in [4.78, 5) is 18.4. The van der Waals surface area contributed by atoms with Crippen LogP contribution in [0.25, 0.3) is 0 Å². The molecule has 2 aromatic rings. The Morgan fingerprint density at radius 1 is 1.42 bits per heavy atom. The van der Waals surface area contributed by atoms with Gasteiger partial charge in [-0.1, -0.05) is 11.3 Å². The molecule has 0 atom stereocenters. The highest BCUT2D eigenvalue weighted by molar-refractivity contribution is 7.17. The summed E-state index contributed by atoms with van der Waals surface area (Å²) in [5.74, 6) is -0.156. The number of nitriles is 1. The topological polar surface area (TPSA) is 83.0 Å². The van der Waals surface area contributed by atoms with Crippen LogP contribution in [0.2, 0.25) is 0 Å². The molecule has 0 saturated heterocycles. The van der Waals surface area contributed by atoms with Gasteiger partial charge in [-0.3, -0.25) is 4.79 Å². The summed E-state index contributed by atoms with van der Waals surface area (Å²) in [6, 6.07) is 8.85. The molecule has 96 valence electrons. The molecule has 0 spiro atoms. The van der Waals surface area contributed by atoms with Crippen LogP contribution in [0.5, 0.6) is 0 Å². The van der Waals surface area contributed by atoms with Crippen molar-refractivity contribution in [2.45, 2.75) is 6.92 Å². The summed E-state index contributed by atoms with van der Waals surface area (Å²) in [7, 11) is 1.68. The summed E-state index contributed by atoms with van der Waals surface area (Å²) >= 11 is 1.18. The van der Waals surface area contributed by atoms with E-state index in [0.717, 1.165) is 5.69 Å². The highest BCUT2D eigenvalue weighted by atomic mass is 32.1. The molecule has 0 bridgehead atoms. The molecule has 6 heteroatoms. The number of anilines is 2. The first-order valence-corrected chi connectivity index (χ1v) is 6.35. The van der Waals surface area contributed by atoms with Crippen molar-refractivity contribution in [3.05, 3.63) is 40.4 Å². The van der Waals surface area contributed by atoms with E-state index in [0.29, 0.717) is 21.3 Å². The number of rotatable bonds is 2. The van der Waals surface area contributed by atoms with Crippen LogP contribution in [0.3, 0.4) is 0 Å². The number of carbonyl (C=O) groups is 1. The minimum absolute atomic E-state index is 0.156. The summed E-state index contributed by atoms with van der Waals surface area (Å²) in [6.45, 7) is 1.76. The van der Waals surface area contributed by atoms with E-state index in [-0.39, 0.29) is 5.91 Å². The van der Waals surface area contributed by atoms with Crippen LogP contribution < -0.4 is 10.6 Å². The fraction of sp³-hybridized carbons (Fsp3) is 0.154. The van der Waals surface area contributed by atoms with Crippen LogP contribution in [0.4, 0.5) is 10.8 Å². The number of nitrogen functional groups attached to an aromatic ring is 1. The molecule has 19 heavy (non-hydrogen) atoms. The lowest BCUT2D eigenvalue weighted by Crippen LogP contribution is -2.25. The average Bonchev–Trinajstić information content (AvgIpc) is 2.76. The second kappa shape index (κ2) is 5.08. The third kappa shape index (κ3) is 2.56. The first-order valence-electron chi connectivity index (χ1n) is 5.54. The Kier molecular flexibility index (Phi) is 3.49. The quantitative estimate of drug-likeness (QED) is 0.908. The molecule has 1 aromatic carbocycles. The van der Waals surface area contributed by atoms with Crippen molar-refractivity contribution in [3.63, 3.8) is 0 Å². The van der Waals surface area contributed by atoms with E-state index in [1.165, 1.54) is 16.2 Å². The molecule has 1 aromatic heterocycles. The number of hydrogen-bond donors (Lipinski definition) is 1. The molecule has 2 rings (SSSR count). The van der Waals surface area contributed by atoms with Crippen LogP contribution in [-0.4, -0.2) is 17.9 Å². The minimum Gasteiger partial charge on any atom is -0.375 e. The van der Waals surface area contributed by atoms with Crippen LogP contribution in [0.15, 0.2) is 24.3 Å². The normalized spacial score (nSPS) is 9.95. The maximum absolute atomic E-state index is 12.3. The van der Waals surface area contributed by atoms with E-state index in [1.54, 1.807) is 38.2 Å².